The summed E-state index contributed by atoms with van der Waals surface area (Å²) in [4.78, 5) is 13.9. The van der Waals surface area contributed by atoms with Crippen LogP contribution in [0.2, 0.25) is 0 Å². The number of aromatic nitrogens is 2. The SMILES string of the molecule is COC(=O)Cn1nc(Cc2ccc(OC)cc2)c2c1CCN(C)C2. The van der Waals surface area contributed by atoms with Crippen molar-refractivity contribution in [1.29, 1.82) is 0 Å². The number of likely N-dealkylation sites (N-methyl/N-ethyl adjacent to an activating group) is 1. The lowest BCUT2D eigenvalue weighted by Crippen LogP contribution is -2.28. The van der Waals surface area contributed by atoms with E-state index in [1.54, 1.807) is 7.11 Å². The minimum Gasteiger partial charge on any atom is -0.497 e. The van der Waals surface area contributed by atoms with Crippen LogP contribution < -0.4 is 4.74 Å². The Morgan fingerprint density at radius 2 is 2.00 bits per heavy atom. The molecule has 1 aliphatic rings. The van der Waals surface area contributed by atoms with Gasteiger partial charge in [-0.25, -0.2) is 0 Å². The summed E-state index contributed by atoms with van der Waals surface area (Å²) in [7, 11) is 5.18. The largest absolute Gasteiger partial charge is 0.497 e. The van der Waals surface area contributed by atoms with Crippen LogP contribution in [0.1, 0.15) is 22.5 Å². The Morgan fingerprint density at radius 3 is 2.67 bits per heavy atom. The van der Waals surface area contributed by atoms with Crippen molar-refractivity contribution in [2.45, 2.75) is 25.9 Å². The molecule has 1 aliphatic heterocycles. The van der Waals surface area contributed by atoms with E-state index in [1.165, 1.54) is 18.2 Å². The molecule has 0 fully saturated rings. The molecule has 0 radical (unpaired) electrons. The van der Waals surface area contributed by atoms with Crippen molar-refractivity contribution in [2.75, 3.05) is 27.8 Å². The summed E-state index contributed by atoms with van der Waals surface area (Å²) in [5.41, 5.74) is 4.60. The molecule has 1 aromatic carbocycles. The third kappa shape index (κ3) is 3.43. The van der Waals surface area contributed by atoms with Gasteiger partial charge in [-0.05, 0) is 24.7 Å². The average Bonchev–Trinajstić information content (AvgIpc) is 2.92. The number of rotatable bonds is 5. The van der Waals surface area contributed by atoms with Crippen LogP contribution >= 0.6 is 0 Å². The Balaban J connectivity index is 1.89. The Labute approximate surface area is 142 Å². The fourth-order valence-corrected chi connectivity index (χ4v) is 3.09. The monoisotopic (exact) mass is 329 g/mol. The van der Waals surface area contributed by atoms with E-state index in [2.05, 4.69) is 24.1 Å². The molecular weight excluding hydrogens is 306 g/mol. The molecule has 0 N–H and O–H groups in total. The molecule has 0 unspecified atom stereocenters. The molecule has 0 atom stereocenters. The predicted molar refractivity (Wildman–Crippen MR) is 90.1 cm³/mol. The van der Waals surface area contributed by atoms with Crippen molar-refractivity contribution in [3.8, 4) is 5.75 Å². The first-order chi connectivity index (χ1) is 11.6. The molecular formula is C18H23N3O3. The molecule has 0 aliphatic carbocycles. The van der Waals surface area contributed by atoms with Gasteiger partial charge in [0, 0.05) is 37.2 Å². The van der Waals surface area contributed by atoms with E-state index in [0.29, 0.717) is 0 Å². The van der Waals surface area contributed by atoms with Crippen molar-refractivity contribution in [1.82, 2.24) is 14.7 Å². The Morgan fingerprint density at radius 1 is 1.25 bits per heavy atom. The first-order valence-corrected chi connectivity index (χ1v) is 8.06. The topological polar surface area (TPSA) is 56.6 Å². The molecule has 2 aromatic rings. The van der Waals surface area contributed by atoms with E-state index in [4.69, 9.17) is 14.6 Å². The second-order valence-corrected chi connectivity index (χ2v) is 6.12. The van der Waals surface area contributed by atoms with Crippen molar-refractivity contribution >= 4 is 5.97 Å². The first kappa shape index (κ1) is 16.5. The van der Waals surface area contributed by atoms with E-state index in [9.17, 15) is 4.79 Å². The Kier molecular flexibility index (Phi) is 4.85. The van der Waals surface area contributed by atoms with Crippen LogP contribution in [0.4, 0.5) is 0 Å². The van der Waals surface area contributed by atoms with E-state index in [-0.39, 0.29) is 12.5 Å². The number of ether oxygens (including phenoxy) is 2. The van der Waals surface area contributed by atoms with Gasteiger partial charge in [0.2, 0.25) is 0 Å². The van der Waals surface area contributed by atoms with Crippen LogP contribution in [0, 0.1) is 0 Å². The number of carbonyl (C=O) groups is 1. The third-order valence-electron chi connectivity index (χ3n) is 4.45. The van der Waals surface area contributed by atoms with Crippen LogP contribution in [0.15, 0.2) is 24.3 Å². The van der Waals surface area contributed by atoms with E-state index in [0.717, 1.165) is 43.1 Å². The van der Waals surface area contributed by atoms with Crippen molar-refractivity contribution in [3.63, 3.8) is 0 Å². The lowest BCUT2D eigenvalue weighted by atomic mass is 10.0. The van der Waals surface area contributed by atoms with Crippen LogP contribution in [-0.4, -0.2) is 48.5 Å². The van der Waals surface area contributed by atoms with Crippen molar-refractivity contribution < 1.29 is 14.3 Å². The second kappa shape index (κ2) is 7.05. The van der Waals surface area contributed by atoms with Crippen LogP contribution in [-0.2, 0) is 35.5 Å². The summed E-state index contributed by atoms with van der Waals surface area (Å²) in [6, 6.07) is 8.02. The maximum Gasteiger partial charge on any atom is 0.327 e. The standard InChI is InChI=1S/C18H23N3O3/c1-20-9-8-17-15(11-20)16(19-21(17)12-18(22)24-3)10-13-4-6-14(23-2)7-5-13/h4-7H,8-12H2,1-3H3. The highest BCUT2D eigenvalue weighted by Gasteiger charge is 2.24. The highest BCUT2D eigenvalue weighted by molar-refractivity contribution is 5.69. The van der Waals surface area contributed by atoms with Gasteiger partial charge in [0.1, 0.15) is 12.3 Å². The highest BCUT2D eigenvalue weighted by atomic mass is 16.5. The Hall–Kier alpha value is -2.34. The fourth-order valence-electron chi connectivity index (χ4n) is 3.09. The number of methoxy groups -OCH3 is 2. The lowest BCUT2D eigenvalue weighted by Gasteiger charge is -2.23. The van der Waals surface area contributed by atoms with Gasteiger partial charge in [0.05, 0.1) is 19.9 Å². The van der Waals surface area contributed by atoms with Gasteiger partial charge in [-0.2, -0.15) is 5.10 Å². The summed E-state index contributed by atoms with van der Waals surface area (Å²) in [5, 5.41) is 4.71. The van der Waals surface area contributed by atoms with Crippen LogP contribution in [0.5, 0.6) is 5.75 Å². The van der Waals surface area contributed by atoms with Crippen molar-refractivity contribution in [3.05, 3.63) is 46.8 Å². The summed E-state index contributed by atoms with van der Waals surface area (Å²) in [5.74, 6) is 0.576. The van der Waals surface area contributed by atoms with Gasteiger partial charge < -0.3 is 14.4 Å². The summed E-state index contributed by atoms with van der Waals surface area (Å²) in [6.07, 6.45) is 1.65. The number of carbonyl (C=O) groups excluding carboxylic acids is 1. The van der Waals surface area contributed by atoms with Crippen molar-refractivity contribution in [2.24, 2.45) is 0 Å². The molecule has 2 heterocycles. The number of esters is 1. The van der Waals surface area contributed by atoms with Gasteiger partial charge in [-0.15, -0.1) is 0 Å². The maximum atomic E-state index is 11.7. The molecule has 0 spiro atoms. The van der Waals surface area contributed by atoms with Gasteiger partial charge in [-0.3, -0.25) is 9.48 Å². The van der Waals surface area contributed by atoms with Gasteiger partial charge >= 0.3 is 5.97 Å². The highest BCUT2D eigenvalue weighted by Crippen LogP contribution is 2.24. The molecule has 0 saturated heterocycles. The van der Waals surface area contributed by atoms with Crippen LogP contribution in [0.25, 0.3) is 0 Å². The third-order valence-corrected chi connectivity index (χ3v) is 4.45. The van der Waals surface area contributed by atoms with Crippen LogP contribution in [0.3, 0.4) is 0 Å². The predicted octanol–water partition coefficient (Wildman–Crippen LogP) is 1.64. The number of hydrogen-bond acceptors (Lipinski definition) is 5. The summed E-state index contributed by atoms with van der Waals surface area (Å²) >= 11 is 0. The maximum absolute atomic E-state index is 11.7. The smallest absolute Gasteiger partial charge is 0.327 e. The van der Waals surface area contributed by atoms with Gasteiger partial charge in [-0.1, -0.05) is 12.1 Å². The van der Waals surface area contributed by atoms with Gasteiger partial charge in [0.25, 0.3) is 0 Å². The van der Waals surface area contributed by atoms with Gasteiger partial charge in [0.15, 0.2) is 0 Å². The molecule has 0 saturated carbocycles. The molecule has 0 amide bonds. The quantitative estimate of drug-likeness (QED) is 0.781. The minimum atomic E-state index is -0.268. The Bertz CT molecular complexity index is 722. The molecule has 0 bridgehead atoms. The lowest BCUT2D eigenvalue weighted by molar-refractivity contribution is -0.141. The number of fused-ring (bicyclic) bond motifs is 1. The molecule has 1 aromatic heterocycles. The van der Waals surface area contributed by atoms with E-state index >= 15 is 0 Å². The molecule has 3 rings (SSSR count). The summed E-state index contributed by atoms with van der Waals surface area (Å²) < 4.78 is 11.8. The number of hydrogen-bond donors (Lipinski definition) is 0. The molecule has 6 nitrogen and oxygen atoms in total. The molecule has 6 heteroatoms. The first-order valence-electron chi connectivity index (χ1n) is 8.06. The number of nitrogens with zero attached hydrogens (tertiary/aromatic N) is 3. The minimum absolute atomic E-state index is 0.172. The fraction of sp³-hybridized carbons (Fsp3) is 0.444. The molecule has 24 heavy (non-hydrogen) atoms. The molecule has 128 valence electrons. The average molecular weight is 329 g/mol. The zero-order valence-corrected chi connectivity index (χ0v) is 14.4. The summed E-state index contributed by atoms with van der Waals surface area (Å²) in [6.45, 7) is 2.01. The van der Waals surface area contributed by atoms with E-state index < -0.39 is 0 Å². The normalized spacial score (nSPS) is 14.3. The zero-order chi connectivity index (χ0) is 17.1. The number of benzene rings is 1. The van der Waals surface area contributed by atoms with E-state index in [1.807, 2.05) is 16.8 Å². The second-order valence-electron chi connectivity index (χ2n) is 6.12. The zero-order valence-electron chi connectivity index (χ0n) is 14.4.